The highest BCUT2D eigenvalue weighted by atomic mass is 15.1. The van der Waals surface area contributed by atoms with E-state index in [9.17, 15) is 0 Å². The van der Waals surface area contributed by atoms with Crippen molar-refractivity contribution < 1.29 is 0 Å². The number of nitrogens with zero attached hydrogens (tertiary/aromatic N) is 2. The molecule has 0 radical (unpaired) electrons. The lowest BCUT2D eigenvalue weighted by Gasteiger charge is -2.29. The average molecular weight is 891 g/mol. The molecule has 13 aromatic rings. The topological polar surface area (TPSA) is 8.17 Å². The van der Waals surface area contributed by atoms with E-state index in [1.807, 2.05) is 0 Å². The summed E-state index contributed by atoms with van der Waals surface area (Å²) < 4.78 is 2.40. The minimum atomic E-state index is 1.07. The summed E-state index contributed by atoms with van der Waals surface area (Å²) in [6, 6.07) is 102. The Morgan fingerprint density at radius 2 is 0.771 bits per heavy atom. The molecule has 0 saturated heterocycles. The molecule has 0 spiro atoms. The second kappa shape index (κ2) is 17.4. The molecule has 2 nitrogen and oxygen atoms in total. The minimum Gasteiger partial charge on any atom is -0.310 e. The van der Waals surface area contributed by atoms with Crippen molar-refractivity contribution in [2.45, 2.75) is 0 Å². The Balaban J connectivity index is 1.00. The van der Waals surface area contributed by atoms with Crippen LogP contribution in [0, 0.1) is 0 Å². The van der Waals surface area contributed by atoms with Crippen LogP contribution in [0.5, 0.6) is 0 Å². The summed E-state index contributed by atoms with van der Waals surface area (Å²) in [6.45, 7) is 0. The summed E-state index contributed by atoms with van der Waals surface area (Å²) in [6.07, 6.45) is 0. The Labute approximate surface area is 408 Å². The van der Waals surface area contributed by atoms with Crippen LogP contribution in [-0.2, 0) is 0 Å². The Hall–Kier alpha value is -9.24. The van der Waals surface area contributed by atoms with Crippen LogP contribution in [0.25, 0.3) is 105 Å². The highest BCUT2D eigenvalue weighted by Crippen LogP contribution is 2.46. The quantitative estimate of drug-likeness (QED) is 0.131. The predicted octanol–water partition coefficient (Wildman–Crippen LogP) is 18.9. The summed E-state index contributed by atoms with van der Waals surface area (Å²) in [4.78, 5) is 2.46. The minimum absolute atomic E-state index is 1.07. The first kappa shape index (κ1) is 41.0. The van der Waals surface area contributed by atoms with Gasteiger partial charge in [0.25, 0.3) is 0 Å². The van der Waals surface area contributed by atoms with Crippen molar-refractivity contribution in [1.29, 1.82) is 0 Å². The van der Waals surface area contributed by atoms with Crippen molar-refractivity contribution in [2.75, 3.05) is 4.90 Å². The molecule has 0 fully saturated rings. The van der Waals surface area contributed by atoms with Crippen molar-refractivity contribution in [2.24, 2.45) is 0 Å². The van der Waals surface area contributed by atoms with Crippen molar-refractivity contribution in [3.63, 3.8) is 0 Å². The summed E-state index contributed by atoms with van der Waals surface area (Å²) in [5.74, 6) is 0. The molecule has 328 valence electrons. The molecule has 1 heterocycles. The zero-order valence-corrected chi connectivity index (χ0v) is 38.5. The van der Waals surface area contributed by atoms with Crippen LogP contribution in [0.1, 0.15) is 0 Å². The van der Waals surface area contributed by atoms with Crippen molar-refractivity contribution in [3.8, 4) is 61.3 Å². The lowest BCUT2D eigenvalue weighted by Crippen LogP contribution is -2.11. The highest BCUT2D eigenvalue weighted by molar-refractivity contribution is 6.16. The molecule has 0 bridgehead atoms. The van der Waals surface area contributed by atoms with Gasteiger partial charge >= 0.3 is 0 Å². The van der Waals surface area contributed by atoms with Gasteiger partial charge in [0, 0.05) is 33.4 Å². The molecule has 0 aliphatic carbocycles. The van der Waals surface area contributed by atoms with Gasteiger partial charge in [-0.3, -0.25) is 0 Å². The third-order valence-electron chi connectivity index (χ3n) is 13.9. The molecule has 0 amide bonds. The number of rotatable bonds is 9. The molecular formula is C68H46N2. The standard InChI is InChI=1S/C68H46N2/c1-4-20-47(21-5-1)53-43-54(48-22-6-2-7-23-48)45-57(44-53)69(56-40-38-49(39-41-56)64-46-52-24-10-11-29-58(52)61-31-12-13-32-62(61)64)65-35-16-14-30-59(65)50-25-18-26-51(42-50)60-34-19-37-67-68(60)63-33-15-17-36-66(63)70(67)55-27-8-3-9-28-55/h1-46H. The zero-order valence-electron chi connectivity index (χ0n) is 38.5. The van der Waals surface area contributed by atoms with Crippen LogP contribution in [0.15, 0.2) is 279 Å². The smallest absolute Gasteiger partial charge is 0.0547 e. The maximum absolute atomic E-state index is 2.46. The molecule has 0 aliphatic rings. The third-order valence-corrected chi connectivity index (χ3v) is 13.9. The molecule has 0 unspecified atom stereocenters. The van der Waals surface area contributed by atoms with Gasteiger partial charge in [-0.25, -0.2) is 0 Å². The molecular weight excluding hydrogens is 845 g/mol. The predicted molar refractivity (Wildman–Crippen MR) is 298 cm³/mol. The van der Waals surface area contributed by atoms with Gasteiger partial charge in [0.2, 0.25) is 0 Å². The first-order chi connectivity index (χ1) is 34.7. The molecule has 0 saturated carbocycles. The Bertz CT molecular complexity index is 3980. The van der Waals surface area contributed by atoms with Crippen LogP contribution < -0.4 is 4.90 Å². The first-order valence-electron chi connectivity index (χ1n) is 24.1. The van der Waals surface area contributed by atoms with E-state index in [0.29, 0.717) is 0 Å². The second-order valence-electron chi connectivity index (χ2n) is 18.1. The molecule has 12 aromatic carbocycles. The number of aromatic nitrogens is 1. The molecule has 13 rings (SSSR count). The van der Waals surface area contributed by atoms with Crippen LogP contribution in [0.4, 0.5) is 17.1 Å². The summed E-state index contributed by atoms with van der Waals surface area (Å²) in [5.41, 5.74) is 18.5. The van der Waals surface area contributed by atoms with Crippen molar-refractivity contribution in [3.05, 3.63) is 279 Å². The van der Waals surface area contributed by atoms with E-state index in [1.165, 1.54) is 76.7 Å². The fraction of sp³-hybridized carbons (Fsp3) is 0. The zero-order chi connectivity index (χ0) is 46.4. The van der Waals surface area contributed by atoms with Gasteiger partial charge in [0.1, 0.15) is 0 Å². The van der Waals surface area contributed by atoms with Gasteiger partial charge in [0.15, 0.2) is 0 Å². The molecule has 0 atom stereocenters. The van der Waals surface area contributed by atoms with E-state index < -0.39 is 0 Å². The molecule has 70 heavy (non-hydrogen) atoms. The van der Waals surface area contributed by atoms with Gasteiger partial charge < -0.3 is 9.47 Å². The molecule has 1 aromatic heterocycles. The maximum Gasteiger partial charge on any atom is 0.0547 e. The van der Waals surface area contributed by atoms with Crippen LogP contribution in [0.2, 0.25) is 0 Å². The van der Waals surface area contributed by atoms with Crippen LogP contribution in [-0.4, -0.2) is 4.57 Å². The van der Waals surface area contributed by atoms with E-state index in [1.54, 1.807) is 0 Å². The van der Waals surface area contributed by atoms with Gasteiger partial charge in [-0.15, -0.1) is 0 Å². The van der Waals surface area contributed by atoms with E-state index >= 15 is 0 Å². The summed E-state index contributed by atoms with van der Waals surface area (Å²) in [7, 11) is 0. The SMILES string of the molecule is c1ccc(-c2cc(-c3ccccc3)cc(N(c3ccc(-c4cc5ccccc5c5ccccc45)cc3)c3ccccc3-c3cccc(-c4cccc5c4c4ccccc4n5-c4ccccc4)c3)c2)cc1. The highest BCUT2D eigenvalue weighted by Gasteiger charge is 2.21. The van der Waals surface area contributed by atoms with Gasteiger partial charge in [0.05, 0.1) is 16.7 Å². The van der Waals surface area contributed by atoms with E-state index in [0.717, 1.165) is 45.0 Å². The van der Waals surface area contributed by atoms with Gasteiger partial charge in [-0.2, -0.15) is 0 Å². The van der Waals surface area contributed by atoms with Crippen molar-refractivity contribution in [1.82, 2.24) is 4.57 Å². The molecule has 2 heteroatoms. The van der Waals surface area contributed by atoms with Gasteiger partial charge in [-0.1, -0.05) is 206 Å². The fourth-order valence-electron chi connectivity index (χ4n) is 10.7. The average Bonchev–Trinajstić information content (AvgIpc) is 3.79. The van der Waals surface area contributed by atoms with E-state index in [-0.39, 0.29) is 0 Å². The number of para-hydroxylation sites is 3. The third kappa shape index (κ3) is 7.22. The van der Waals surface area contributed by atoms with Crippen LogP contribution >= 0.6 is 0 Å². The van der Waals surface area contributed by atoms with E-state index in [2.05, 4.69) is 289 Å². The number of hydrogen-bond acceptors (Lipinski definition) is 1. The molecule has 0 aliphatic heterocycles. The number of anilines is 3. The second-order valence-corrected chi connectivity index (χ2v) is 18.1. The lowest BCUT2D eigenvalue weighted by atomic mass is 9.93. The van der Waals surface area contributed by atoms with E-state index in [4.69, 9.17) is 0 Å². The van der Waals surface area contributed by atoms with Crippen LogP contribution in [0.3, 0.4) is 0 Å². The number of fused-ring (bicyclic) bond motifs is 6. The Kier molecular flexibility index (Phi) is 10.2. The Morgan fingerprint density at radius 3 is 1.50 bits per heavy atom. The monoisotopic (exact) mass is 890 g/mol. The first-order valence-corrected chi connectivity index (χ1v) is 24.1. The normalized spacial score (nSPS) is 11.4. The number of benzene rings is 12. The summed E-state index contributed by atoms with van der Waals surface area (Å²) >= 11 is 0. The largest absolute Gasteiger partial charge is 0.310 e. The lowest BCUT2D eigenvalue weighted by molar-refractivity contribution is 1.18. The Morgan fingerprint density at radius 1 is 0.257 bits per heavy atom. The van der Waals surface area contributed by atoms with Gasteiger partial charge in [-0.05, 0) is 144 Å². The maximum atomic E-state index is 2.46. The van der Waals surface area contributed by atoms with Crippen molar-refractivity contribution >= 4 is 60.4 Å². The number of hydrogen-bond donors (Lipinski definition) is 0. The molecule has 0 N–H and O–H groups in total. The fourth-order valence-corrected chi connectivity index (χ4v) is 10.7. The summed E-state index contributed by atoms with van der Waals surface area (Å²) in [5, 5.41) is 7.51.